The normalized spacial score (nSPS) is 15.8. The quantitative estimate of drug-likeness (QED) is 0.229. The molecule has 1 N–H and O–H groups in total. The molecule has 10 nitrogen and oxygen atoms in total. The van der Waals surface area contributed by atoms with E-state index in [4.69, 9.17) is 33.0 Å². The molecule has 0 saturated carbocycles. The molecule has 0 radical (unpaired) electrons. The molecule has 1 amide bonds. The number of aromatic nitrogens is 2. The van der Waals surface area contributed by atoms with Gasteiger partial charge in [0, 0.05) is 91.9 Å². The summed E-state index contributed by atoms with van der Waals surface area (Å²) in [5, 5.41) is 9.08. The molecule has 0 spiro atoms. The van der Waals surface area contributed by atoms with Crippen molar-refractivity contribution in [2.75, 3.05) is 62.9 Å². The number of fused-ring (bicyclic) bond motifs is 1. The second kappa shape index (κ2) is 14.2. The predicted octanol–water partition coefficient (Wildman–Crippen LogP) is 5.65. The van der Waals surface area contributed by atoms with Gasteiger partial charge in [0.05, 0.1) is 29.8 Å². The average molecular weight is 698 g/mol. The van der Waals surface area contributed by atoms with Crippen molar-refractivity contribution >= 4 is 50.5 Å². The number of benzene rings is 3. The minimum absolute atomic E-state index is 0.241. The van der Waals surface area contributed by atoms with E-state index in [2.05, 4.69) is 21.2 Å². The number of hydrogen-bond acceptors (Lipinski definition) is 7. The highest BCUT2D eigenvalue weighted by molar-refractivity contribution is 7.88. The van der Waals surface area contributed by atoms with Crippen molar-refractivity contribution in [1.29, 1.82) is 0 Å². The van der Waals surface area contributed by atoms with Gasteiger partial charge in [0.25, 0.3) is 5.91 Å². The van der Waals surface area contributed by atoms with Gasteiger partial charge in [-0.25, -0.2) is 8.42 Å². The highest BCUT2D eigenvalue weighted by Gasteiger charge is 2.30. The first kappa shape index (κ1) is 33.3. The Kier molecular flexibility index (Phi) is 10.1. The molecule has 4 aromatic rings. The Bertz CT molecular complexity index is 1860. The minimum atomic E-state index is -3.39. The number of rotatable bonds is 10. The summed E-state index contributed by atoms with van der Waals surface area (Å²) in [5.41, 5.74) is 5.43. The Morgan fingerprint density at radius 3 is 2.43 bits per heavy atom. The topological polar surface area (TPSA) is 100 Å². The molecular formula is C34H38Cl2N6O4S. The van der Waals surface area contributed by atoms with Crippen molar-refractivity contribution in [3.05, 3.63) is 93.6 Å². The minimum Gasteiger partial charge on any atom is -0.497 e. The number of nitrogens with one attached hydrogen (secondary N) is 1. The molecule has 1 saturated heterocycles. The van der Waals surface area contributed by atoms with Gasteiger partial charge in [0.2, 0.25) is 10.0 Å². The zero-order valence-electron chi connectivity index (χ0n) is 26.5. The SMILES string of the molecule is COc1ccc(C(=O)Nc2cc(-c3nn(CCCN4CCN(c5cccc(Cl)c5)CC4)c4c3CN(S(C)(=O)=O)CC4)ccc2Cl)cc1. The number of ether oxygens (including phenoxy) is 1. The van der Waals surface area contributed by atoms with Gasteiger partial charge in [0.15, 0.2) is 0 Å². The van der Waals surface area contributed by atoms with Crippen LogP contribution in [0.2, 0.25) is 10.0 Å². The predicted molar refractivity (Wildman–Crippen MR) is 187 cm³/mol. The number of amides is 1. The van der Waals surface area contributed by atoms with Crippen LogP contribution < -0.4 is 15.0 Å². The van der Waals surface area contributed by atoms with Crippen molar-refractivity contribution in [3.8, 4) is 17.0 Å². The van der Waals surface area contributed by atoms with E-state index in [1.165, 1.54) is 10.6 Å². The van der Waals surface area contributed by atoms with Gasteiger partial charge >= 0.3 is 0 Å². The van der Waals surface area contributed by atoms with Crippen LogP contribution >= 0.6 is 23.2 Å². The number of carbonyl (C=O) groups is 1. The van der Waals surface area contributed by atoms with Crippen LogP contribution in [0.5, 0.6) is 5.75 Å². The van der Waals surface area contributed by atoms with Crippen molar-refractivity contribution in [2.45, 2.75) is 25.9 Å². The molecule has 3 heterocycles. The Hall–Kier alpha value is -3.61. The van der Waals surface area contributed by atoms with E-state index in [-0.39, 0.29) is 12.5 Å². The van der Waals surface area contributed by atoms with E-state index in [0.717, 1.165) is 66.7 Å². The number of methoxy groups -OCH3 is 1. The van der Waals surface area contributed by atoms with Crippen LogP contribution in [0.1, 0.15) is 28.0 Å². The number of sulfonamides is 1. The van der Waals surface area contributed by atoms with Crippen molar-refractivity contribution < 1.29 is 17.9 Å². The number of halogens is 2. The van der Waals surface area contributed by atoms with Gasteiger partial charge in [-0.2, -0.15) is 9.40 Å². The van der Waals surface area contributed by atoms with Crippen molar-refractivity contribution in [1.82, 2.24) is 19.0 Å². The molecule has 47 heavy (non-hydrogen) atoms. The maximum atomic E-state index is 13.0. The summed E-state index contributed by atoms with van der Waals surface area (Å²) in [6, 6.07) is 20.2. The van der Waals surface area contributed by atoms with Crippen molar-refractivity contribution in [3.63, 3.8) is 0 Å². The molecule has 0 unspecified atom stereocenters. The number of aryl methyl sites for hydroxylation is 1. The fraction of sp³-hybridized carbons (Fsp3) is 0.353. The summed E-state index contributed by atoms with van der Waals surface area (Å²) >= 11 is 12.7. The lowest BCUT2D eigenvalue weighted by Gasteiger charge is -2.36. The number of nitrogens with zero attached hydrogens (tertiary/aromatic N) is 5. The molecule has 0 bridgehead atoms. The van der Waals surface area contributed by atoms with E-state index in [0.29, 0.717) is 47.2 Å². The molecule has 248 valence electrons. The maximum absolute atomic E-state index is 13.0. The van der Waals surface area contributed by atoms with Gasteiger partial charge < -0.3 is 15.0 Å². The second-order valence-electron chi connectivity index (χ2n) is 11.9. The number of piperazine rings is 1. The lowest BCUT2D eigenvalue weighted by molar-refractivity contribution is 0.102. The Balaban J connectivity index is 1.18. The largest absolute Gasteiger partial charge is 0.497 e. The van der Waals surface area contributed by atoms with Crippen LogP contribution in [0.15, 0.2) is 66.7 Å². The summed E-state index contributed by atoms with van der Waals surface area (Å²) in [4.78, 5) is 17.9. The third-order valence-electron chi connectivity index (χ3n) is 8.80. The Labute approximate surface area is 285 Å². The van der Waals surface area contributed by atoms with Gasteiger partial charge in [0.1, 0.15) is 5.75 Å². The molecule has 6 rings (SSSR count). The van der Waals surface area contributed by atoms with Crippen molar-refractivity contribution in [2.24, 2.45) is 0 Å². The van der Waals surface area contributed by atoms with E-state index in [1.807, 2.05) is 28.9 Å². The third-order valence-corrected chi connectivity index (χ3v) is 10.6. The van der Waals surface area contributed by atoms with Crippen LogP contribution in [0.3, 0.4) is 0 Å². The first-order valence-corrected chi connectivity index (χ1v) is 18.2. The zero-order valence-corrected chi connectivity index (χ0v) is 28.8. The first-order chi connectivity index (χ1) is 22.6. The first-order valence-electron chi connectivity index (χ1n) is 15.6. The number of anilines is 2. The fourth-order valence-corrected chi connectivity index (χ4v) is 7.35. The zero-order chi connectivity index (χ0) is 33.1. The van der Waals surface area contributed by atoms with Crippen LogP contribution in [-0.4, -0.2) is 85.9 Å². The van der Waals surface area contributed by atoms with Crippen LogP contribution in [0.25, 0.3) is 11.3 Å². The van der Waals surface area contributed by atoms with E-state index in [1.54, 1.807) is 43.5 Å². The molecule has 0 atom stereocenters. The molecular weight excluding hydrogens is 659 g/mol. The highest BCUT2D eigenvalue weighted by atomic mass is 35.5. The van der Waals surface area contributed by atoms with Crippen LogP contribution in [0, 0.1) is 0 Å². The summed E-state index contributed by atoms with van der Waals surface area (Å²) in [6.45, 7) is 6.11. The summed E-state index contributed by atoms with van der Waals surface area (Å²) in [6.07, 6.45) is 2.72. The number of carbonyl (C=O) groups excluding carboxylic acids is 1. The lowest BCUT2D eigenvalue weighted by atomic mass is 10.0. The number of hydrogen-bond donors (Lipinski definition) is 1. The highest BCUT2D eigenvalue weighted by Crippen LogP contribution is 2.35. The molecule has 2 aliphatic heterocycles. The smallest absolute Gasteiger partial charge is 0.255 e. The summed E-state index contributed by atoms with van der Waals surface area (Å²) < 4.78 is 33.8. The molecule has 13 heteroatoms. The standard InChI is InChI=1S/C34H38Cl2N6O4S/c1-46-28-10-7-24(8-11-28)34(43)37-31-21-25(9-12-30(31)36)33-29-23-41(47(2,44)45)16-13-32(29)42(38-33)15-4-14-39-17-19-40(20-18-39)27-6-3-5-26(35)22-27/h3,5-12,21-22H,4,13-20,23H2,1-2H3,(H,37,43). The summed E-state index contributed by atoms with van der Waals surface area (Å²) in [5.74, 6) is 0.345. The maximum Gasteiger partial charge on any atom is 0.255 e. The fourth-order valence-electron chi connectivity index (χ4n) is 6.22. The third kappa shape index (κ3) is 7.76. The molecule has 0 aliphatic carbocycles. The van der Waals surface area contributed by atoms with E-state index >= 15 is 0 Å². The van der Waals surface area contributed by atoms with Crippen LogP contribution in [0.4, 0.5) is 11.4 Å². The molecule has 1 fully saturated rings. The van der Waals surface area contributed by atoms with E-state index < -0.39 is 10.0 Å². The Morgan fingerprint density at radius 1 is 0.957 bits per heavy atom. The monoisotopic (exact) mass is 696 g/mol. The van der Waals surface area contributed by atoms with Gasteiger partial charge in [-0.05, 0) is 61.0 Å². The molecule has 2 aliphatic rings. The average Bonchev–Trinajstić information content (AvgIpc) is 3.43. The second-order valence-corrected chi connectivity index (χ2v) is 14.7. The Morgan fingerprint density at radius 2 is 1.72 bits per heavy atom. The van der Waals surface area contributed by atoms with Gasteiger partial charge in [-0.1, -0.05) is 35.3 Å². The molecule has 1 aromatic heterocycles. The van der Waals surface area contributed by atoms with Gasteiger partial charge in [-0.15, -0.1) is 0 Å². The van der Waals surface area contributed by atoms with E-state index in [9.17, 15) is 13.2 Å². The van der Waals surface area contributed by atoms with Gasteiger partial charge in [-0.3, -0.25) is 14.4 Å². The van der Waals surface area contributed by atoms with Crippen LogP contribution in [-0.2, 0) is 29.5 Å². The molecule has 3 aromatic carbocycles. The lowest BCUT2D eigenvalue weighted by Crippen LogP contribution is -2.46. The summed E-state index contributed by atoms with van der Waals surface area (Å²) in [7, 11) is -1.82.